The highest BCUT2D eigenvalue weighted by molar-refractivity contribution is 5.51. The van der Waals surface area contributed by atoms with Gasteiger partial charge in [-0.05, 0) is 30.5 Å². The van der Waals surface area contributed by atoms with Crippen LogP contribution in [0.4, 0.5) is 0 Å². The van der Waals surface area contributed by atoms with E-state index in [0.717, 1.165) is 48.5 Å². The highest BCUT2D eigenvalue weighted by Gasteiger charge is 2.29. The molecule has 2 aliphatic rings. The molecule has 0 unspecified atom stereocenters. The molecule has 1 saturated carbocycles. The molecule has 0 radical (unpaired) electrons. The summed E-state index contributed by atoms with van der Waals surface area (Å²) in [4.78, 5) is 22.1. The van der Waals surface area contributed by atoms with E-state index in [1.54, 1.807) is 6.07 Å². The van der Waals surface area contributed by atoms with Crippen LogP contribution in [-0.2, 0) is 19.5 Å². The van der Waals surface area contributed by atoms with Gasteiger partial charge in [-0.25, -0.2) is 4.98 Å². The molecule has 1 fully saturated rings. The molecule has 1 aliphatic heterocycles. The van der Waals surface area contributed by atoms with Crippen LogP contribution in [0.1, 0.15) is 41.4 Å². The second kappa shape index (κ2) is 6.07. The molecular formula is C18H21N3O4. The molecule has 3 N–H and O–H groups in total. The van der Waals surface area contributed by atoms with Crippen molar-refractivity contribution in [1.29, 1.82) is 0 Å². The van der Waals surface area contributed by atoms with Crippen LogP contribution in [0.25, 0.3) is 0 Å². The predicted molar refractivity (Wildman–Crippen MR) is 91.0 cm³/mol. The first-order chi connectivity index (χ1) is 12.0. The monoisotopic (exact) mass is 343 g/mol. The molecular weight excluding hydrogens is 322 g/mol. The van der Waals surface area contributed by atoms with Crippen molar-refractivity contribution in [3.8, 4) is 17.2 Å². The Hall–Kier alpha value is -2.54. The Balaban J connectivity index is 1.55. The lowest BCUT2D eigenvalue weighted by Gasteiger charge is -2.28. The molecule has 2 aromatic rings. The Labute approximate surface area is 144 Å². The van der Waals surface area contributed by atoms with E-state index in [0.29, 0.717) is 19.0 Å². The lowest BCUT2D eigenvalue weighted by atomic mass is 10.1. The summed E-state index contributed by atoms with van der Waals surface area (Å²) >= 11 is 0. The molecule has 0 atom stereocenters. The van der Waals surface area contributed by atoms with Gasteiger partial charge in [0.15, 0.2) is 11.5 Å². The van der Waals surface area contributed by atoms with Crippen molar-refractivity contribution in [1.82, 2.24) is 14.9 Å². The van der Waals surface area contributed by atoms with E-state index in [1.165, 1.54) is 13.2 Å². The number of nitrogens with zero attached hydrogens (tertiary/aromatic N) is 2. The van der Waals surface area contributed by atoms with Crippen molar-refractivity contribution in [2.45, 2.75) is 38.3 Å². The van der Waals surface area contributed by atoms with Crippen LogP contribution in [0.2, 0.25) is 0 Å². The normalized spacial score (nSPS) is 17.3. The summed E-state index contributed by atoms with van der Waals surface area (Å²) in [6.45, 7) is 1.86. The van der Waals surface area contributed by atoms with Crippen LogP contribution < -0.4 is 10.3 Å². The first-order valence-corrected chi connectivity index (χ1v) is 8.48. The number of phenols is 2. The van der Waals surface area contributed by atoms with E-state index in [9.17, 15) is 15.0 Å². The van der Waals surface area contributed by atoms with Crippen LogP contribution in [-0.4, -0.2) is 38.7 Å². The predicted octanol–water partition coefficient (Wildman–Crippen LogP) is 1.63. The highest BCUT2D eigenvalue weighted by atomic mass is 16.5. The molecule has 0 saturated heterocycles. The fourth-order valence-corrected chi connectivity index (χ4v) is 3.34. The largest absolute Gasteiger partial charge is 0.504 e. The minimum absolute atomic E-state index is 0.0391. The fourth-order valence-electron chi connectivity index (χ4n) is 3.34. The zero-order chi connectivity index (χ0) is 17.6. The Kier molecular flexibility index (Phi) is 3.88. The van der Waals surface area contributed by atoms with E-state index in [4.69, 9.17) is 4.74 Å². The summed E-state index contributed by atoms with van der Waals surface area (Å²) in [7, 11) is 1.44. The molecule has 132 valence electrons. The average Bonchev–Trinajstić information content (AvgIpc) is 3.43. The number of hydrogen-bond donors (Lipinski definition) is 3. The number of aromatic nitrogens is 2. The molecule has 0 amide bonds. The molecule has 4 rings (SSSR count). The van der Waals surface area contributed by atoms with Gasteiger partial charge in [-0.15, -0.1) is 0 Å². The van der Waals surface area contributed by atoms with Gasteiger partial charge in [0.05, 0.1) is 18.4 Å². The van der Waals surface area contributed by atoms with Crippen LogP contribution in [0.3, 0.4) is 0 Å². The van der Waals surface area contributed by atoms with E-state index in [-0.39, 0.29) is 22.8 Å². The number of aromatic hydroxyl groups is 2. The third kappa shape index (κ3) is 3.07. The summed E-state index contributed by atoms with van der Waals surface area (Å²) < 4.78 is 5.08. The Morgan fingerprint density at radius 1 is 1.36 bits per heavy atom. The number of aromatic amines is 1. The molecule has 2 heterocycles. The molecule has 7 heteroatoms. The number of methoxy groups -OCH3 is 1. The van der Waals surface area contributed by atoms with Crippen molar-refractivity contribution < 1.29 is 14.9 Å². The van der Waals surface area contributed by atoms with Gasteiger partial charge in [0.25, 0.3) is 5.56 Å². The third-order valence-electron chi connectivity index (χ3n) is 4.87. The molecule has 0 spiro atoms. The van der Waals surface area contributed by atoms with Gasteiger partial charge in [-0.3, -0.25) is 9.69 Å². The summed E-state index contributed by atoms with van der Waals surface area (Å²) in [5.74, 6) is 1.04. The fraction of sp³-hybridized carbons (Fsp3) is 0.444. The first-order valence-electron chi connectivity index (χ1n) is 8.48. The van der Waals surface area contributed by atoms with E-state index < -0.39 is 0 Å². The number of phenolic OH excluding ortho intramolecular Hbond substituents is 2. The van der Waals surface area contributed by atoms with Gasteiger partial charge in [0.2, 0.25) is 5.75 Å². The number of rotatable bonds is 4. The standard InChI is InChI=1S/C18H21N3O4/c1-25-15-7-10(6-14(22)16(15)23)8-21-5-4-13-12(9-21)18(24)20-17(19-13)11-2-3-11/h6-7,11,22-23H,2-5,8-9H2,1H3,(H,19,20,24). The lowest BCUT2D eigenvalue weighted by Crippen LogP contribution is -2.35. The zero-order valence-electron chi connectivity index (χ0n) is 14.1. The topological polar surface area (TPSA) is 98.7 Å². The number of hydrogen-bond acceptors (Lipinski definition) is 6. The number of nitrogens with one attached hydrogen (secondary N) is 1. The number of fused-ring (bicyclic) bond motifs is 1. The summed E-state index contributed by atoms with van der Waals surface area (Å²) in [5.41, 5.74) is 2.41. The minimum atomic E-state index is -0.261. The molecule has 7 nitrogen and oxygen atoms in total. The molecule has 1 aromatic heterocycles. The smallest absolute Gasteiger partial charge is 0.255 e. The second-order valence-electron chi connectivity index (χ2n) is 6.78. The van der Waals surface area contributed by atoms with Gasteiger partial charge < -0.3 is 19.9 Å². The van der Waals surface area contributed by atoms with Crippen molar-refractivity contribution >= 4 is 0 Å². The zero-order valence-corrected chi connectivity index (χ0v) is 14.1. The SMILES string of the molecule is COc1cc(CN2CCc3nc(C4CC4)[nH]c(=O)c3C2)cc(O)c1O. The highest BCUT2D eigenvalue weighted by Crippen LogP contribution is 2.38. The van der Waals surface area contributed by atoms with E-state index in [1.807, 2.05) is 0 Å². The van der Waals surface area contributed by atoms with Gasteiger partial charge in [-0.2, -0.15) is 0 Å². The average molecular weight is 343 g/mol. The van der Waals surface area contributed by atoms with Crippen LogP contribution in [0.5, 0.6) is 17.2 Å². The summed E-state index contributed by atoms with van der Waals surface area (Å²) in [6, 6.07) is 3.22. The van der Waals surface area contributed by atoms with Gasteiger partial charge >= 0.3 is 0 Å². The van der Waals surface area contributed by atoms with Gasteiger partial charge in [0.1, 0.15) is 5.82 Å². The van der Waals surface area contributed by atoms with Crippen LogP contribution in [0, 0.1) is 0 Å². The van der Waals surface area contributed by atoms with Crippen molar-refractivity contribution in [2.24, 2.45) is 0 Å². The quantitative estimate of drug-likeness (QED) is 0.730. The maximum atomic E-state index is 12.4. The van der Waals surface area contributed by atoms with E-state index in [2.05, 4.69) is 14.9 Å². The minimum Gasteiger partial charge on any atom is -0.504 e. The Morgan fingerprint density at radius 2 is 2.16 bits per heavy atom. The molecule has 0 bridgehead atoms. The molecule has 1 aromatic carbocycles. The number of ether oxygens (including phenoxy) is 1. The van der Waals surface area contributed by atoms with E-state index >= 15 is 0 Å². The van der Waals surface area contributed by atoms with Crippen LogP contribution in [0.15, 0.2) is 16.9 Å². The van der Waals surface area contributed by atoms with Gasteiger partial charge in [0, 0.05) is 32.0 Å². The maximum absolute atomic E-state index is 12.4. The Morgan fingerprint density at radius 3 is 2.88 bits per heavy atom. The Bertz CT molecular complexity index is 873. The number of H-pyrrole nitrogens is 1. The molecule has 1 aliphatic carbocycles. The summed E-state index contributed by atoms with van der Waals surface area (Å²) in [6.07, 6.45) is 2.96. The lowest BCUT2D eigenvalue weighted by molar-refractivity contribution is 0.240. The van der Waals surface area contributed by atoms with Crippen LogP contribution >= 0.6 is 0 Å². The third-order valence-corrected chi connectivity index (χ3v) is 4.87. The van der Waals surface area contributed by atoms with Gasteiger partial charge in [-0.1, -0.05) is 0 Å². The summed E-state index contributed by atoms with van der Waals surface area (Å²) in [5, 5.41) is 19.5. The second-order valence-corrected chi connectivity index (χ2v) is 6.78. The van der Waals surface area contributed by atoms with Crippen molar-refractivity contribution in [3.05, 3.63) is 45.1 Å². The first kappa shape index (κ1) is 16.0. The van der Waals surface area contributed by atoms with Crippen molar-refractivity contribution in [3.63, 3.8) is 0 Å². The van der Waals surface area contributed by atoms with Crippen molar-refractivity contribution in [2.75, 3.05) is 13.7 Å². The molecule has 25 heavy (non-hydrogen) atoms. The number of benzene rings is 1. The maximum Gasteiger partial charge on any atom is 0.255 e.